The van der Waals surface area contributed by atoms with E-state index in [2.05, 4.69) is 32.7 Å². The summed E-state index contributed by atoms with van der Waals surface area (Å²) in [5, 5.41) is 0. The maximum atomic E-state index is 3.78. The van der Waals surface area contributed by atoms with Gasteiger partial charge in [-0.1, -0.05) is 77.5 Å². The predicted octanol–water partition coefficient (Wildman–Crippen LogP) is 6.47. The Hall–Kier alpha value is -1.04. The van der Waals surface area contributed by atoms with Crippen LogP contribution in [-0.2, 0) is 0 Å². The molecule has 0 N–H and O–H groups in total. The van der Waals surface area contributed by atoms with Crippen LogP contribution in [0.15, 0.2) is 49.6 Å². The van der Waals surface area contributed by atoms with E-state index in [1.54, 1.807) is 6.08 Å². The third kappa shape index (κ3) is 11.4. The summed E-state index contributed by atoms with van der Waals surface area (Å²) in [5.41, 5.74) is 1.24. The molecular weight excluding hydrogens is 216 g/mol. The highest BCUT2D eigenvalue weighted by molar-refractivity contribution is 5.20. The first-order chi connectivity index (χ1) is 8.78. The normalized spacial score (nSPS) is 15.4. The number of rotatable bonds is 4. The molecule has 18 heavy (non-hydrogen) atoms. The summed E-state index contributed by atoms with van der Waals surface area (Å²) in [4.78, 5) is 0. The smallest absolute Gasteiger partial charge is 0.0236 e. The summed E-state index contributed by atoms with van der Waals surface area (Å²) in [6, 6.07) is 0. The monoisotopic (exact) mass is 248 g/mol. The number of hydrogen-bond donors (Lipinski definition) is 0. The third-order valence-electron chi connectivity index (χ3n) is 2.99. The second-order valence-corrected chi connectivity index (χ2v) is 4.17. The van der Waals surface area contributed by atoms with Crippen molar-refractivity contribution in [3.05, 3.63) is 49.6 Å². The van der Waals surface area contributed by atoms with Crippen LogP contribution in [0.5, 0.6) is 0 Å². The molecule has 0 heteroatoms. The largest absolute Gasteiger partial charge is 0.103 e. The Morgan fingerprint density at radius 1 is 1.06 bits per heavy atom. The fourth-order valence-corrected chi connectivity index (χ4v) is 1.85. The summed E-state index contributed by atoms with van der Waals surface area (Å²) >= 11 is 0. The first-order valence-electron chi connectivity index (χ1n) is 7.35. The summed E-state index contributed by atoms with van der Waals surface area (Å²) in [5.74, 6) is 0.851. The molecule has 0 aliphatic heterocycles. The Morgan fingerprint density at radius 3 is 1.83 bits per heavy atom. The van der Waals surface area contributed by atoms with Crippen LogP contribution in [0.25, 0.3) is 0 Å². The van der Waals surface area contributed by atoms with Gasteiger partial charge in [0.15, 0.2) is 0 Å². The average molecular weight is 248 g/mol. The number of allylic oxidation sites excluding steroid dienone is 5. The maximum absolute atomic E-state index is 3.78. The van der Waals surface area contributed by atoms with Gasteiger partial charge in [0.25, 0.3) is 0 Å². The second-order valence-electron chi connectivity index (χ2n) is 4.17. The van der Waals surface area contributed by atoms with Gasteiger partial charge in [0, 0.05) is 0 Å². The van der Waals surface area contributed by atoms with Crippen molar-refractivity contribution in [1.82, 2.24) is 0 Å². The zero-order valence-corrected chi connectivity index (χ0v) is 12.8. The molecule has 0 aromatic heterocycles. The summed E-state index contributed by atoms with van der Waals surface area (Å²) in [6.45, 7) is 17.1. The highest BCUT2D eigenvalue weighted by Gasteiger charge is 2.07. The van der Waals surface area contributed by atoms with E-state index in [0.29, 0.717) is 0 Å². The van der Waals surface area contributed by atoms with Gasteiger partial charge in [0.05, 0.1) is 0 Å². The molecule has 0 nitrogen and oxygen atoms in total. The van der Waals surface area contributed by atoms with E-state index in [4.69, 9.17) is 0 Å². The molecule has 1 saturated carbocycles. The third-order valence-corrected chi connectivity index (χ3v) is 2.99. The molecule has 0 bridgehead atoms. The van der Waals surface area contributed by atoms with Crippen molar-refractivity contribution < 1.29 is 0 Å². The lowest BCUT2D eigenvalue weighted by molar-refractivity contribution is 0.420. The Bertz CT molecular complexity index is 226. The van der Waals surface area contributed by atoms with E-state index in [-0.39, 0.29) is 0 Å². The van der Waals surface area contributed by atoms with Gasteiger partial charge >= 0.3 is 0 Å². The van der Waals surface area contributed by atoms with Crippen LogP contribution in [0, 0.1) is 5.92 Å². The molecular formula is C18H32. The zero-order chi connectivity index (χ0) is 14.2. The molecule has 0 radical (unpaired) electrons. The standard InChI is InChI=1S/C8H14.C8H12.C2H6/c1-2-8-6-4-3-5-7-8;1-4-7-8(5-2)6-3;1-2/h2,8H,1,3-7H2;4-5,7H,1-2,6H2,3H3;1-2H3/b;8-7+;. The van der Waals surface area contributed by atoms with Crippen molar-refractivity contribution in [1.29, 1.82) is 0 Å². The maximum Gasteiger partial charge on any atom is -0.0236 e. The lowest BCUT2D eigenvalue weighted by atomic mass is 9.90. The molecule has 0 aromatic rings. The van der Waals surface area contributed by atoms with Crippen LogP contribution in [0.1, 0.15) is 59.3 Å². The molecule has 0 spiro atoms. The van der Waals surface area contributed by atoms with Gasteiger partial charge in [-0.25, -0.2) is 0 Å². The molecule has 0 unspecified atom stereocenters. The van der Waals surface area contributed by atoms with Gasteiger partial charge in [0.2, 0.25) is 0 Å². The van der Waals surface area contributed by atoms with Crippen molar-refractivity contribution in [2.75, 3.05) is 0 Å². The first kappa shape index (κ1) is 19.3. The molecule has 0 amide bonds. The van der Waals surface area contributed by atoms with E-state index < -0.39 is 0 Å². The minimum absolute atomic E-state index is 0.851. The van der Waals surface area contributed by atoms with Crippen LogP contribution >= 0.6 is 0 Å². The minimum atomic E-state index is 0.851. The average Bonchev–Trinajstić information content (AvgIpc) is 2.48. The van der Waals surface area contributed by atoms with Gasteiger partial charge in [-0.3, -0.25) is 0 Å². The second kappa shape index (κ2) is 16.0. The van der Waals surface area contributed by atoms with E-state index in [9.17, 15) is 0 Å². The van der Waals surface area contributed by atoms with Crippen molar-refractivity contribution in [2.45, 2.75) is 59.3 Å². The van der Waals surface area contributed by atoms with E-state index in [0.717, 1.165) is 12.3 Å². The Balaban J connectivity index is 0. The Kier molecular flexibility index (Phi) is 17.1. The lowest BCUT2D eigenvalue weighted by Crippen LogP contribution is -2.01. The fourth-order valence-electron chi connectivity index (χ4n) is 1.85. The molecule has 1 aliphatic rings. The van der Waals surface area contributed by atoms with E-state index >= 15 is 0 Å². The van der Waals surface area contributed by atoms with Crippen LogP contribution in [0.4, 0.5) is 0 Å². The SMILES string of the molecule is C=C/C=C(\C=C)CC.C=CC1CCCCC1.CC. The topological polar surface area (TPSA) is 0 Å². The molecule has 0 heterocycles. The highest BCUT2D eigenvalue weighted by atomic mass is 14.1. The number of hydrogen-bond acceptors (Lipinski definition) is 0. The Labute approximate surface area is 115 Å². The van der Waals surface area contributed by atoms with Crippen LogP contribution < -0.4 is 0 Å². The fraction of sp³-hybridized carbons (Fsp3) is 0.556. The molecule has 1 aliphatic carbocycles. The molecule has 0 aromatic carbocycles. The van der Waals surface area contributed by atoms with Gasteiger partial charge in [-0.2, -0.15) is 0 Å². The molecule has 1 fully saturated rings. The summed E-state index contributed by atoms with van der Waals surface area (Å²) in [6.07, 6.45) is 15.8. The van der Waals surface area contributed by atoms with Crippen LogP contribution in [0.3, 0.4) is 0 Å². The summed E-state index contributed by atoms with van der Waals surface area (Å²) in [7, 11) is 0. The van der Waals surface area contributed by atoms with Crippen LogP contribution in [0.2, 0.25) is 0 Å². The molecule has 0 atom stereocenters. The van der Waals surface area contributed by atoms with Crippen molar-refractivity contribution in [2.24, 2.45) is 5.92 Å². The van der Waals surface area contributed by atoms with Gasteiger partial charge in [-0.05, 0) is 30.8 Å². The van der Waals surface area contributed by atoms with Crippen molar-refractivity contribution >= 4 is 0 Å². The Morgan fingerprint density at radius 2 is 1.61 bits per heavy atom. The molecule has 104 valence electrons. The van der Waals surface area contributed by atoms with E-state index in [1.165, 1.54) is 37.7 Å². The van der Waals surface area contributed by atoms with Crippen molar-refractivity contribution in [3.8, 4) is 0 Å². The van der Waals surface area contributed by atoms with Gasteiger partial charge in [-0.15, -0.1) is 6.58 Å². The van der Waals surface area contributed by atoms with Gasteiger partial charge in [0.1, 0.15) is 0 Å². The first-order valence-corrected chi connectivity index (χ1v) is 7.35. The zero-order valence-electron chi connectivity index (χ0n) is 12.8. The molecule has 0 saturated heterocycles. The van der Waals surface area contributed by atoms with E-state index in [1.807, 2.05) is 26.0 Å². The summed E-state index contributed by atoms with van der Waals surface area (Å²) < 4.78 is 0. The van der Waals surface area contributed by atoms with Crippen molar-refractivity contribution in [3.63, 3.8) is 0 Å². The van der Waals surface area contributed by atoms with Gasteiger partial charge < -0.3 is 0 Å². The predicted molar refractivity (Wildman–Crippen MR) is 86.9 cm³/mol. The quantitative estimate of drug-likeness (QED) is 0.395. The minimum Gasteiger partial charge on any atom is -0.103 e. The lowest BCUT2D eigenvalue weighted by Gasteiger charge is -2.16. The molecule has 1 rings (SSSR count). The highest BCUT2D eigenvalue weighted by Crippen LogP contribution is 2.23. The van der Waals surface area contributed by atoms with Crippen LogP contribution in [-0.4, -0.2) is 0 Å².